The van der Waals surface area contributed by atoms with Crippen molar-refractivity contribution in [2.75, 3.05) is 6.54 Å². The fraction of sp³-hybridized carbons (Fsp3) is 0.500. The van der Waals surface area contributed by atoms with Crippen LogP contribution in [0, 0.1) is 13.8 Å². The Morgan fingerprint density at radius 2 is 2.21 bits per heavy atom. The second-order valence-electron chi connectivity index (χ2n) is 3.86. The zero-order valence-corrected chi connectivity index (χ0v) is 9.87. The van der Waals surface area contributed by atoms with Crippen molar-refractivity contribution in [2.45, 2.75) is 37.5 Å². The Morgan fingerprint density at radius 1 is 1.43 bits per heavy atom. The molecule has 0 bridgehead atoms. The van der Waals surface area contributed by atoms with E-state index in [0.717, 1.165) is 6.54 Å². The maximum atomic E-state index is 3.50. The maximum Gasteiger partial charge on any atom is 0.0620 e. The molecule has 0 saturated heterocycles. The minimum Gasteiger partial charge on any atom is -0.305 e. The van der Waals surface area contributed by atoms with Crippen LogP contribution in [0.15, 0.2) is 17.0 Å². The van der Waals surface area contributed by atoms with E-state index in [1.165, 1.54) is 28.0 Å². The molecular formula is C12H17NS. The van der Waals surface area contributed by atoms with Crippen LogP contribution in [0.1, 0.15) is 23.6 Å². The number of hydrogen-bond acceptors (Lipinski definition) is 2. The van der Waals surface area contributed by atoms with Gasteiger partial charge in [0.25, 0.3) is 0 Å². The van der Waals surface area contributed by atoms with Crippen LogP contribution in [0.3, 0.4) is 0 Å². The maximum absolute atomic E-state index is 3.50. The summed E-state index contributed by atoms with van der Waals surface area (Å²) in [6.45, 7) is 7.65. The van der Waals surface area contributed by atoms with Crippen molar-refractivity contribution < 1.29 is 0 Å². The van der Waals surface area contributed by atoms with Crippen molar-refractivity contribution in [3.05, 3.63) is 28.8 Å². The Labute approximate surface area is 90.3 Å². The van der Waals surface area contributed by atoms with E-state index >= 15 is 0 Å². The molecule has 1 heterocycles. The molecule has 1 atom stereocenters. The number of aryl methyl sites for hydroxylation is 1. The molecule has 1 unspecified atom stereocenters. The second-order valence-corrected chi connectivity index (χ2v) is 5.08. The van der Waals surface area contributed by atoms with Gasteiger partial charge in [-0.2, -0.15) is 0 Å². The second kappa shape index (κ2) is 3.95. The van der Waals surface area contributed by atoms with Crippen LogP contribution in [0.25, 0.3) is 0 Å². The Hall–Kier alpha value is -0.470. The highest BCUT2D eigenvalue weighted by Crippen LogP contribution is 2.38. The highest BCUT2D eigenvalue weighted by molar-refractivity contribution is 8.00. The van der Waals surface area contributed by atoms with Crippen LogP contribution in [-0.4, -0.2) is 11.9 Å². The van der Waals surface area contributed by atoms with Gasteiger partial charge in [0.15, 0.2) is 0 Å². The first-order valence-corrected chi connectivity index (χ1v) is 6.09. The van der Waals surface area contributed by atoms with Gasteiger partial charge in [0.1, 0.15) is 0 Å². The number of nitrogens with one attached hydrogen (secondary N) is 1. The molecule has 1 aromatic rings. The topological polar surface area (TPSA) is 12.0 Å². The quantitative estimate of drug-likeness (QED) is 0.800. The van der Waals surface area contributed by atoms with Gasteiger partial charge in [0.05, 0.1) is 5.37 Å². The van der Waals surface area contributed by atoms with Gasteiger partial charge in [-0.05, 0) is 43.5 Å². The van der Waals surface area contributed by atoms with Crippen molar-refractivity contribution in [3.8, 4) is 0 Å². The number of fused-ring (bicyclic) bond motifs is 1. The molecule has 14 heavy (non-hydrogen) atoms. The van der Waals surface area contributed by atoms with Crippen molar-refractivity contribution in [1.29, 1.82) is 0 Å². The van der Waals surface area contributed by atoms with E-state index in [1.807, 2.05) is 11.8 Å². The lowest BCUT2D eigenvalue weighted by atomic mass is 10.0. The predicted octanol–water partition coefficient (Wildman–Crippen LogP) is 2.89. The molecule has 1 aliphatic rings. The first-order valence-electron chi connectivity index (χ1n) is 5.21. The van der Waals surface area contributed by atoms with E-state index in [-0.39, 0.29) is 0 Å². The van der Waals surface area contributed by atoms with Gasteiger partial charge in [0.2, 0.25) is 0 Å². The van der Waals surface area contributed by atoms with Gasteiger partial charge >= 0.3 is 0 Å². The molecular weight excluding hydrogens is 190 g/mol. The highest BCUT2D eigenvalue weighted by atomic mass is 32.2. The normalized spacial score (nSPS) is 19.8. The largest absolute Gasteiger partial charge is 0.305 e. The van der Waals surface area contributed by atoms with Gasteiger partial charge in [0, 0.05) is 4.90 Å². The highest BCUT2D eigenvalue weighted by Gasteiger charge is 2.23. The first kappa shape index (κ1) is 10.1. The lowest BCUT2D eigenvalue weighted by molar-refractivity contribution is 0.681. The zero-order valence-electron chi connectivity index (χ0n) is 9.05. The molecule has 1 N–H and O–H groups in total. The standard InChI is InChI=1S/C12H17NS/c1-4-13-11-7-10-6-5-8(2)9(3)12(10)14-11/h5-6,11,13H,4,7H2,1-3H3. The lowest BCUT2D eigenvalue weighted by Crippen LogP contribution is -2.24. The van der Waals surface area contributed by atoms with Gasteiger partial charge in [-0.3, -0.25) is 0 Å². The molecule has 0 spiro atoms. The smallest absolute Gasteiger partial charge is 0.0620 e. The monoisotopic (exact) mass is 207 g/mol. The minimum absolute atomic E-state index is 0.593. The number of thioether (sulfide) groups is 1. The lowest BCUT2D eigenvalue weighted by Gasteiger charge is -2.08. The van der Waals surface area contributed by atoms with Crippen LogP contribution in [-0.2, 0) is 6.42 Å². The molecule has 0 aromatic heterocycles. The van der Waals surface area contributed by atoms with E-state index in [9.17, 15) is 0 Å². The number of hydrogen-bond donors (Lipinski definition) is 1. The van der Waals surface area contributed by atoms with Crippen molar-refractivity contribution in [2.24, 2.45) is 0 Å². The molecule has 0 saturated carbocycles. The fourth-order valence-corrected chi connectivity index (χ4v) is 3.33. The third kappa shape index (κ3) is 1.69. The van der Waals surface area contributed by atoms with Crippen molar-refractivity contribution in [1.82, 2.24) is 5.32 Å². The van der Waals surface area contributed by atoms with Gasteiger partial charge in [-0.25, -0.2) is 0 Å². The molecule has 1 nitrogen and oxygen atoms in total. The summed E-state index contributed by atoms with van der Waals surface area (Å²) >= 11 is 1.99. The molecule has 76 valence electrons. The molecule has 1 aromatic carbocycles. The molecule has 0 radical (unpaired) electrons. The van der Waals surface area contributed by atoms with Crippen LogP contribution < -0.4 is 5.32 Å². The Kier molecular flexibility index (Phi) is 2.84. The summed E-state index contributed by atoms with van der Waals surface area (Å²) in [4.78, 5) is 1.51. The first-order chi connectivity index (χ1) is 6.72. The van der Waals surface area contributed by atoms with Crippen LogP contribution in [0.2, 0.25) is 0 Å². The summed E-state index contributed by atoms with van der Waals surface area (Å²) in [6.07, 6.45) is 1.18. The molecule has 0 amide bonds. The third-order valence-corrected chi connectivity index (χ3v) is 4.28. The van der Waals surface area contributed by atoms with Gasteiger partial charge < -0.3 is 5.32 Å². The predicted molar refractivity (Wildman–Crippen MR) is 62.9 cm³/mol. The molecule has 1 aliphatic heterocycles. The number of likely N-dealkylation sites (N-methyl/N-ethyl adjacent to an activating group) is 1. The number of rotatable bonds is 2. The molecule has 2 rings (SSSR count). The van der Waals surface area contributed by atoms with Crippen LogP contribution >= 0.6 is 11.8 Å². The average Bonchev–Trinajstić information content (AvgIpc) is 2.56. The van der Waals surface area contributed by atoms with Crippen LogP contribution in [0.4, 0.5) is 0 Å². The fourth-order valence-electron chi connectivity index (χ4n) is 1.90. The molecule has 0 aliphatic carbocycles. The zero-order chi connectivity index (χ0) is 10.1. The average molecular weight is 207 g/mol. The summed E-state index contributed by atoms with van der Waals surface area (Å²) in [5, 5.41) is 4.09. The van der Waals surface area contributed by atoms with E-state index < -0.39 is 0 Å². The van der Waals surface area contributed by atoms with E-state index in [1.54, 1.807) is 0 Å². The summed E-state index contributed by atoms with van der Waals surface area (Å²) < 4.78 is 0. The Bertz CT molecular complexity index is 346. The van der Waals surface area contributed by atoms with E-state index in [2.05, 4.69) is 38.2 Å². The van der Waals surface area contributed by atoms with Gasteiger partial charge in [-0.15, -0.1) is 11.8 Å². The SMILES string of the molecule is CCNC1Cc2ccc(C)c(C)c2S1. The van der Waals surface area contributed by atoms with Crippen molar-refractivity contribution >= 4 is 11.8 Å². The van der Waals surface area contributed by atoms with Crippen LogP contribution in [0.5, 0.6) is 0 Å². The summed E-state index contributed by atoms with van der Waals surface area (Å²) in [6, 6.07) is 4.52. The molecule has 0 fully saturated rings. The summed E-state index contributed by atoms with van der Waals surface area (Å²) in [5.41, 5.74) is 4.39. The third-order valence-electron chi connectivity index (χ3n) is 2.86. The van der Waals surface area contributed by atoms with Crippen molar-refractivity contribution in [3.63, 3.8) is 0 Å². The summed E-state index contributed by atoms with van der Waals surface area (Å²) in [5.74, 6) is 0. The Morgan fingerprint density at radius 3 is 2.93 bits per heavy atom. The minimum atomic E-state index is 0.593. The molecule has 2 heteroatoms. The van der Waals surface area contributed by atoms with Gasteiger partial charge in [-0.1, -0.05) is 19.1 Å². The van der Waals surface area contributed by atoms with E-state index in [0.29, 0.717) is 5.37 Å². The summed E-state index contributed by atoms with van der Waals surface area (Å²) in [7, 11) is 0. The van der Waals surface area contributed by atoms with E-state index in [4.69, 9.17) is 0 Å². The number of benzene rings is 1. The Balaban J connectivity index is 2.26.